The van der Waals surface area contributed by atoms with Crippen LogP contribution in [0.15, 0.2) is 140 Å². The molecule has 0 saturated heterocycles. The van der Waals surface area contributed by atoms with Crippen LogP contribution in [0.25, 0.3) is 0 Å². The second-order valence-corrected chi connectivity index (χ2v) is 16.5. The minimum absolute atomic E-state index is 0.0444. The van der Waals surface area contributed by atoms with E-state index in [0.29, 0.717) is 5.56 Å². The lowest BCUT2D eigenvalue weighted by molar-refractivity contribution is -0.360. The van der Waals surface area contributed by atoms with Crippen LogP contribution in [0.1, 0.15) is 75.6 Å². The molecule has 0 saturated carbocycles. The van der Waals surface area contributed by atoms with Gasteiger partial charge in [0.2, 0.25) is 18.4 Å². The first-order valence-electron chi connectivity index (χ1n) is 20.6. The van der Waals surface area contributed by atoms with E-state index in [1.165, 1.54) is 12.1 Å². The maximum atomic E-state index is 14.3. The van der Waals surface area contributed by atoms with Crippen LogP contribution in [0, 0.1) is 11.6 Å². The van der Waals surface area contributed by atoms with Crippen LogP contribution in [-0.4, -0.2) is 19.1 Å². The number of aryl methyl sites for hydroxylation is 2. The van der Waals surface area contributed by atoms with E-state index in [-0.39, 0.29) is 23.7 Å². The molecule has 5 nitrogen and oxygen atoms in total. The predicted molar refractivity (Wildman–Crippen MR) is 228 cm³/mol. The van der Waals surface area contributed by atoms with Gasteiger partial charge in [0.25, 0.3) is 0 Å². The summed E-state index contributed by atoms with van der Waals surface area (Å²) in [6, 6.07) is 41.9. The van der Waals surface area contributed by atoms with Gasteiger partial charge in [-0.15, -0.1) is 0 Å². The first kappa shape index (κ1) is 46.3. The fourth-order valence-corrected chi connectivity index (χ4v) is 7.19. The normalized spacial score (nSPS) is 12.6. The zero-order valence-electron chi connectivity index (χ0n) is 35.4. The van der Waals surface area contributed by atoms with Gasteiger partial charge in [-0.1, -0.05) is 100 Å². The zero-order valence-corrected chi connectivity index (χ0v) is 35.4. The number of hydrogen-bond acceptors (Lipinski definition) is 5. The Morgan fingerprint density at radius 3 is 1.51 bits per heavy atom. The molecule has 332 valence electrons. The summed E-state index contributed by atoms with van der Waals surface area (Å²) < 4.78 is 117. The van der Waals surface area contributed by atoms with Crippen molar-refractivity contribution in [2.45, 2.75) is 89.3 Å². The number of fused-ring (bicyclic) bond motifs is 4. The Morgan fingerprint density at radius 2 is 1.00 bits per heavy atom. The van der Waals surface area contributed by atoms with Crippen LogP contribution in [0.2, 0.25) is 0 Å². The second kappa shape index (κ2) is 19.9. The molecule has 0 aliphatic carbocycles. The van der Waals surface area contributed by atoms with Gasteiger partial charge in [0.05, 0.1) is 0 Å². The van der Waals surface area contributed by atoms with Gasteiger partial charge in [0.1, 0.15) is 28.7 Å². The van der Waals surface area contributed by atoms with Gasteiger partial charge in [-0.3, -0.25) is 0 Å². The van der Waals surface area contributed by atoms with Gasteiger partial charge in [0.15, 0.2) is 11.5 Å². The highest BCUT2D eigenvalue weighted by atomic mass is 19.4. The molecule has 0 radical (unpaired) electrons. The lowest BCUT2D eigenvalue weighted by Crippen LogP contribution is -2.41. The summed E-state index contributed by atoms with van der Waals surface area (Å²) in [4.78, 5) is 0. The van der Waals surface area contributed by atoms with E-state index in [1.54, 1.807) is 6.07 Å². The number of para-hydroxylation sites is 2. The number of ether oxygens (including phenoxy) is 5. The van der Waals surface area contributed by atoms with Crippen molar-refractivity contribution >= 4 is 0 Å². The topological polar surface area (TPSA) is 46.2 Å². The number of alkyl halides is 5. The van der Waals surface area contributed by atoms with Crippen LogP contribution in [0.4, 0.5) is 30.7 Å². The van der Waals surface area contributed by atoms with E-state index < -0.39 is 35.1 Å². The Kier molecular flexibility index (Phi) is 14.6. The molecule has 6 aromatic rings. The van der Waals surface area contributed by atoms with Gasteiger partial charge in [0, 0.05) is 5.56 Å². The molecule has 0 spiro atoms. The molecule has 0 fully saturated rings. The van der Waals surface area contributed by atoms with Gasteiger partial charge in [-0.2, -0.15) is 30.7 Å². The minimum Gasteiger partial charge on any atom is -0.457 e. The minimum atomic E-state index is -5.77. The van der Waals surface area contributed by atoms with Crippen LogP contribution in [0.5, 0.6) is 40.2 Å². The van der Waals surface area contributed by atoms with E-state index in [2.05, 4.69) is 10.8 Å². The highest BCUT2D eigenvalue weighted by Gasteiger charge is 2.61. The SMILES string of the molecule is CC(C)(CCCc1cccc(Oc2ccccc2)c1)c1cc2c(F)c(F)c1OCO2.CC(C)(CCCc1cccc(Oc2ccccc2)c1)c1ccc(OC(F)(F)C(F)(F)F)cc1. The van der Waals surface area contributed by atoms with Gasteiger partial charge >= 0.3 is 12.3 Å². The quantitative estimate of drug-likeness (QED) is 0.0907. The van der Waals surface area contributed by atoms with Crippen molar-refractivity contribution in [1.29, 1.82) is 0 Å². The van der Waals surface area contributed by atoms with E-state index >= 15 is 0 Å². The van der Waals surface area contributed by atoms with E-state index in [4.69, 9.17) is 18.9 Å². The number of hydrogen-bond donors (Lipinski definition) is 0. The Hall–Kier alpha value is -6.17. The summed E-state index contributed by atoms with van der Waals surface area (Å²) in [7, 11) is 0. The molecule has 63 heavy (non-hydrogen) atoms. The number of benzene rings is 6. The van der Waals surface area contributed by atoms with Crippen molar-refractivity contribution in [3.05, 3.63) is 173 Å². The average molecular weight is 875 g/mol. The Morgan fingerprint density at radius 1 is 0.508 bits per heavy atom. The van der Waals surface area contributed by atoms with Crippen molar-refractivity contribution in [3.8, 4) is 40.2 Å². The molecule has 0 aromatic heterocycles. The van der Waals surface area contributed by atoms with Gasteiger partial charge in [-0.05, 0) is 133 Å². The third-order valence-electron chi connectivity index (χ3n) is 10.8. The fourth-order valence-electron chi connectivity index (χ4n) is 7.19. The molecule has 2 aliphatic heterocycles. The molecule has 2 heterocycles. The third kappa shape index (κ3) is 12.5. The Labute approximate surface area is 363 Å². The molecular weight excluding hydrogens is 826 g/mol. The Balaban J connectivity index is 0.000000210. The highest BCUT2D eigenvalue weighted by molar-refractivity contribution is 5.48. The molecule has 2 bridgehead atoms. The standard InChI is InChI=1S/C26H25F5O2.C25H24F2O3/c1-24(2,20-13-15-22(16-14-20)33-26(30,31)25(27,28)29)17-7-9-19-8-6-12-23(18-19)32-21-10-4-3-5-11-21;1-25(2,20-15-21-22(26)23(27)24(20)29-16-28-21)13-7-9-17-8-6-12-19(14-17)30-18-10-4-3-5-11-18/h3-6,8,10-16,18H,7,9,17H2,1-2H3;3-6,8,10-12,14-15H,7,9,13,16H2,1-2H3. The van der Waals surface area contributed by atoms with E-state index in [0.717, 1.165) is 90.3 Å². The maximum Gasteiger partial charge on any atom is 0.499 e. The number of rotatable bonds is 16. The second-order valence-electron chi connectivity index (χ2n) is 16.5. The van der Waals surface area contributed by atoms with Crippen LogP contribution in [-0.2, 0) is 23.7 Å². The van der Waals surface area contributed by atoms with Gasteiger partial charge in [-0.25, -0.2) is 0 Å². The van der Waals surface area contributed by atoms with E-state index in [9.17, 15) is 30.7 Å². The molecule has 6 aromatic carbocycles. The molecule has 12 heteroatoms. The van der Waals surface area contributed by atoms with Crippen molar-refractivity contribution in [1.82, 2.24) is 0 Å². The Bertz CT molecular complexity index is 2400. The lowest BCUT2D eigenvalue weighted by atomic mass is 9.79. The molecule has 0 N–H and O–H groups in total. The summed E-state index contributed by atoms with van der Waals surface area (Å²) in [5.74, 6) is 0.468. The van der Waals surface area contributed by atoms with Crippen LogP contribution in [0.3, 0.4) is 0 Å². The highest BCUT2D eigenvalue weighted by Crippen LogP contribution is 2.43. The average Bonchev–Trinajstić information content (AvgIpc) is 3.55. The smallest absolute Gasteiger partial charge is 0.457 e. The van der Waals surface area contributed by atoms with E-state index in [1.807, 2.05) is 131 Å². The summed E-state index contributed by atoms with van der Waals surface area (Å²) >= 11 is 0. The first-order chi connectivity index (χ1) is 29.9. The van der Waals surface area contributed by atoms with Crippen molar-refractivity contribution in [3.63, 3.8) is 0 Å². The molecule has 8 rings (SSSR count). The molecular formula is C51H49F7O5. The summed E-state index contributed by atoms with van der Waals surface area (Å²) in [5, 5.41) is 0. The molecule has 0 unspecified atom stereocenters. The van der Waals surface area contributed by atoms with Crippen molar-refractivity contribution < 1.29 is 54.4 Å². The summed E-state index contributed by atoms with van der Waals surface area (Å²) in [5.41, 5.74) is 3.04. The largest absolute Gasteiger partial charge is 0.499 e. The molecule has 0 atom stereocenters. The first-order valence-corrected chi connectivity index (χ1v) is 20.6. The zero-order chi connectivity index (χ0) is 45.3. The summed E-state index contributed by atoms with van der Waals surface area (Å²) in [6.07, 6.45) is -6.06. The third-order valence-corrected chi connectivity index (χ3v) is 10.8. The predicted octanol–water partition coefficient (Wildman–Crippen LogP) is 15.1. The monoisotopic (exact) mass is 874 g/mol. The summed E-state index contributed by atoms with van der Waals surface area (Å²) in [6.45, 7) is 7.84. The lowest BCUT2D eigenvalue weighted by Gasteiger charge is -2.27. The fraction of sp³-hybridized carbons (Fsp3) is 0.294. The molecule has 0 amide bonds. The molecule has 2 aliphatic rings. The number of halogens is 7. The maximum absolute atomic E-state index is 14.3. The van der Waals surface area contributed by atoms with Crippen LogP contribution >= 0.6 is 0 Å². The van der Waals surface area contributed by atoms with Crippen LogP contribution < -0.4 is 23.7 Å². The van der Waals surface area contributed by atoms with Crippen molar-refractivity contribution in [2.24, 2.45) is 0 Å². The van der Waals surface area contributed by atoms with Crippen molar-refractivity contribution in [2.75, 3.05) is 6.79 Å². The van der Waals surface area contributed by atoms with Gasteiger partial charge < -0.3 is 23.7 Å².